The molecule has 1 amide bonds. The van der Waals surface area contributed by atoms with Crippen molar-refractivity contribution in [3.63, 3.8) is 0 Å². The van der Waals surface area contributed by atoms with Crippen molar-refractivity contribution in [2.75, 3.05) is 10.6 Å². The Morgan fingerprint density at radius 3 is 2.52 bits per heavy atom. The Morgan fingerprint density at radius 1 is 1.17 bits per heavy atom. The molecular formula is C17H22N4O2. The van der Waals surface area contributed by atoms with Gasteiger partial charge in [0, 0.05) is 6.20 Å². The van der Waals surface area contributed by atoms with Gasteiger partial charge in [0.25, 0.3) is 0 Å². The van der Waals surface area contributed by atoms with Crippen LogP contribution in [0.2, 0.25) is 0 Å². The van der Waals surface area contributed by atoms with Gasteiger partial charge in [0.05, 0.1) is 23.6 Å². The minimum absolute atomic E-state index is 0.0580. The highest BCUT2D eigenvalue weighted by Crippen LogP contribution is 2.18. The molecule has 0 spiro atoms. The van der Waals surface area contributed by atoms with E-state index in [1.54, 1.807) is 18.5 Å². The van der Waals surface area contributed by atoms with Crippen LogP contribution < -0.4 is 10.6 Å². The van der Waals surface area contributed by atoms with Crippen molar-refractivity contribution in [1.82, 2.24) is 9.97 Å². The molecule has 2 N–H and O–H groups in total. The van der Waals surface area contributed by atoms with Crippen molar-refractivity contribution in [3.05, 3.63) is 48.4 Å². The van der Waals surface area contributed by atoms with Gasteiger partial charge in [-0.2, -0.15) is 0 Å². The lowest BCUT2D eigenvalue weighted by Gasteiger charge is -2.19. The van der Waals surface area contributed by atoms with Gasteiger partial charge in [-0.05, 0) is 52.0 Å². The molecule has 23 heavy (non-hydrogen) atoms. The van der Waals surface area contributed by atoms with Crippen LogP contribution in [-0.2, 0) is 4.74 Å². The summed E-state index contributed by atoms with van der Waals surface area (Å²) in [6.07, 6.45) is 2.90. The monoisotopic (exact) mass is 314 g/mol. The van der Waals surface area contributed by atoms with E-state index >= 15 is 0 Å². The Hall–Kier alpha value is -2.63. The van der Waals surface area contributed by atoms with Crippen LogP contribution >= 0.6 is 0 Å². The van der Waals surface area contributed by atoms with Gasteiger partial charge in [-0.25, -0.2) is 9.78 Å². The van der Waals surface area contributed by atoms with Gasteiger partial charge in [-0.1, -0.05) is 6.07 Å². The molecular weight excluding hydrogens is 292 g/mol. The number of carbonyl (C=O) groups is 1. The molecule has 0 bridgehead atoms. The van der Waals surface area contributed by atoms with Crippen molar-refractivity contribution < 1.29 is 9.53 Å². The van der Waals surface area contributed by atoms with Crippen molar-refractivity contribution in [2.24, 2.45) is 0 Å². The lowest BCUT2D eigenvalue weighted by Crippen LogP contribution is -2.27. The third-order valence-electron chi connectivity index (χ3n) is 2.91. The largest absolute Gasteiger partial charge is 0.444 e. The normalized spacial score (nSPS) is 12.3. The highest BCUT2D eigenvalue weighted by molar-refractivity contribution is 5.83. The van der Waals surface area contributed by atoms with E-state index in [0.29, 0.717) is 5.82 Å². The van der Waals surface area contributed by atoms with Crippen LogP contribution in [0.3, 0.4) is 0 Å². The summed E-state index contributed by atoms with van der Waals surface area (Å²) in [6, 6.07) is 9.42. The first-order valence-corrected chi connectivity index (χ1v) is 7.47. The summed E-state index contributed by atoms with van der Waals surface area (Å²) in [5.74, 6) is 0.440. The number of rotatable bonds is 4. The second-order valence-corrected chi connectivity index (χ2v) is 6.18. The highest BCUT2D eigenvalue weighted by Gasteiger charge is 2.16. The Bertz CT molecular complexity index is 636. The van der Waals surface area contributed by atoms with Crippen molar-refractivity contribution >= 4 is 17.6 Å². The molecule has 6 heteroatoms. The summed E-state index contributed by atoms with van der Waals surface area (Å²) in [5.41, 5.74) is 1.25. The first kappa shape index (κ1) is 16.7. The molecule has 0 saturated heterocycles. The van der Waals surface area contributed by atoms with E-state index in [1.165, 1.54) is 0 Å². The Kier molecular flexibility index (Phi) is 5.16. The maximum absolute atomic E-state index is 11.7. The van der Waals surface area contributed by atoms with Gasteiger partial charge >= 0.3 is 6.09 Å². The van der Waals surface area contributed by atoms with Crippen LogP contribution in [0.15, 0.2) is 42.7 Å². The van der Waals surface area contributed by atoms with Gasteiger partial charge in [0.2, 0.25) is 0 Å². The third kappa shape index (κ3) is 5.58. The van der Waals surface area contributed by atoms with E-state index in [4.69, 9.17) is 4.74 Å². The van der Waals surface area contributed by atoms with Crippen LogP contribution in [0.1, 0.15) is 39.4 Å². The van der Waals surface area contributed by atoms with E-state index in [9.17, 15) is 4.79 Å². The summed E-state index contributed by atoms with van der Waals surface area (Å²) in [4.78, 5) is 20.2. The molecule has 0 radical (unpaired) electrons. The number of nitrogens with zero attached hydrogens (tertiary/aromatic N) is 2. The third-order valence-corrected chi connectivity index (χ3v) is 2.91. The van der Waals surface area contributed by atoms with Crippen LogP contribution in [-0.4, -0.2) is 21.7 Å². The molecule has 0 saturated carbocycles. The number of hydrogen-bond donors (Lipinski definition) is 2. The van der Waals surface area contributed by atoms with E-state index in [1.807, 2.05) is 52.0 Å². The van der Waals surface area contributed by atoms with Crippen molar-refractivity contribution in [2.45, 2.75) is 39.3 Å². The molecule has 0 aliphatic heterocycles. The molecule has 0 aromatic carbocycles. The molecule has 1 unspecified atom stereocenters. The predicted molar refractivity (Wildman–Crippen MR) is 90.4 cm³/mol. The fourth-order valence-electron chi connectivity index (χ4n) is 1.92. The smallest absolute Gasteiger partial charge is 0.413 e. The number of pyridine rings is 2. The fraction of sp³-hybridized carbons (Fsp3) is 0.353. The number of ether oxygens (including phenoxy) is 1. The number of anilines is 2. The van der Waals surface area contributed by atoms with Gasteiger partial charge in [0.15, 0.2) is 0 Å². The first-order valence-electron chi connectivity index (χ1n) is 7.47. The summed E-state index contributed by atoms with van der Waals surface area (Å²) >= 11 is 0. The number of hydrogen-bond acceptors (Lipinski definition) is 5. The quantitative estimate of drug-likeness (QED) is 0.892. The predicted octanol–water partition coefficient (Wildman–Crippen LogP) is 4.00. The molecule has 2 aromatic rings. The number of aromatic nitrogens is 2. The number of nitrogens with one attached hydrogen (secondary N) is 2. The number of carbonyl (C=O) groups excluding carboxylic acids is 1. The SMILES string of the molecule is CC(Nc1ccc(NC(=O)OC(C)(C)C)nc1)c1ccccn1. The van der Waals surface area contributed by atoms with Gasteiger partial charge < -0.3 is 10.1 Å². The Balaban J connectivity index is 1.93. The summed E-state index contributed by atoms with van der Waals surface area (Å²) in [7, 11) is 0. The molecule has 2 heterocycles. The molecule has 2 aromatic heterocycles. The molecule has 1 atom stereocenters. The van der Waals surface area contributed by atoms with Crippen LogP contribution in [0.5, 0.6) is 0 Å². The van der Waals surface area contributed by atoms with Gasteiger partial charge in [-0.15, -0.1) is 0 Å². The van der Waals surface area contributed by atoms with Gasteiger partial charge in [-0.3, -0.25) is 10.3 Å². The molecule has 2 rings (SSSR count). The maximum Gasteiger partial charge on any atom is 0.413 e. The average molecular weight is 314 g/mol. The lowest BCUT2D eigenvalue weighted by atomic mass is 10.2. The summed E-state index contributed by atoms with van der Waals surface area (Å²) in [6.45, 7) is 7.46. The molecule has 122 valence electrons. The van der Waals surface area contributed by atoms with E-state index < -0.39 is 11.7 Å². The lowest BCUT2D eigenvalue weighted by molar-refractivity contribution is 0.0635. The zero-order chi connectivity index (χ0) is 16.9. The summed E-state index contributed by atoms with van der Waals surface area (Å²) in [5, 5.41) is 5.91. The molecule has 0 fully saturated rings. The van der Waals surface area contributed by atoms with Crippen molar-refractivity contribution in [1.29, 1.82) is 0 Å². The van der Waals surface area contributed by atoms with E-state index in [0.717, 1.165) is 11.4 Å². The highest BCUT2D eigenvalue weighted by atomic mass is 16.6. The van der Waals surface area contributed by atoms with Crippen LogP contribution in [0, 0.1) is 0 Å². The zero-order valence-corrected chi connectivity index (χ0v) is 13.8. The Labute approximate surface area is 136 Å². The fourth-order valence-corrected chi connectivity index (χ4v) is 1.92. The van der Waals surface area contributed by atoms with E-state index in [-0.39, 0.29) is 6.04 Å². The first-order chi connectivity index (χ1) is 10.8. The van der Waals surface area contributed by atoms with Crippen LogP contribution in [0.4, 0.5) is 16.3 Å². The number of amides is 1. The zero-order valence-electron chi connectivity index (χ0n) is 13.8. The second kappa shape index (κ2) is 7.09. The second-order valence-electron chi connectivity index (χ2n) is 6.18. The average Bonchev–Trinajstić information content (AvgIpc) is 2.48. The maximum atomic E-state index is 11.7. The minimum atomic E-state index is -0.538. The van der Waals surface area contributed by atoms with Crippen LogP contribution in [0.25, 0.3) is 0 Å². The summed E-state index contributed by atoms with van der Waals surface area (Å²) < 4.78 is 5.18. The molecule has 0 aliphatic carbocycles. The van der Waals surface area contributed by atoms with Gasteiger partial charge in [0.1, 0.15) is 11.4 Å². The standard InChI is InChI=1S/C17H22N4O2/c1-12(14-7-5-6-10-18-14)20-13-8-9-15(19-11-13)21-16(22)23-17(2,3)4/h5-12,20H,1-4H3,(H,19,21,22). The molecule has 6 nitrogen and oxygen atoms in total. The van der Waals surface area contributed by atoms with E-state index in [2.05, 4.69) is 20.6 Å². The molecule has 0 aliphatic rings. The van der Waals surface area contributed by atoms with Crippen molar-refractivity contribution in [3.8, 4) is 0 Å². The Morgan fingerprint density at radius 2 is 1.96 bits per heavy atom. The minimum Gasteiger partial charge on any atom is -0.444 e. The topological polar surface area (TPSA) is 76.1 Å².